The summed E-state index contributed by atoms with van der Waals surface area (Å²) in [6, 6.07) is 12.4. The Balaban J connectivity index is 1.74. The fourth-order valence-corrected chi connectivity index (χ4v) is 4.85. The molecule has 0 N–H and O–H groups in total. The number of carbonyl (C=O) groups is 1. The fourth-order valence-electron chi connectivity index (χ4n) is 3.49. The van der Waals surface area contributed by atoms with Crippen LogP contribution in [0, 0.1) is 0 Å². The highest BCUT2D eigenvalue weighted by atomic mass is 32.2. The van der Waals surface area contributed by atoms with Crippen molar-refractivity contribution in [1.29, 1.82) is 0 Å². The van der Waals surface area contributed by atoms with E-state index in [4.69, 9.17) is 9.15 Å². The van der Waals surface area contributed by atoms with Gasteiger partial charge in [0.25, 0.3) is 0 Å². The molecular formula is C23H30N2O5S. The van der Waals surface area contributed by atoms with E-state index in [2.05, 4.69) is 0 Å². The van der Waals surface area contributed by atoms with E-state index in [0.717, 1.165) is 23.8 Å². The Hall–Kier alpha value is -2.42. The van der Waals surface area contributed by atoms with Gasteiger partial charge in [-0.2, -0.15) is 4.31 Å². The van der Waals surface area contributed by atoms with Gasteiger partial charge in [-0.25, -0.2) is 8.42 Å². The highest BCUT2D eigenvalue weighted by molar-refractivity contribution is 7.92. The van der Waals surface area contributed by atoms with Gasteiger partial charge in [0.1, 0.15) is 5.76 Å². The van der Waals surface area contributed by atoms with Gasteiger partial charge in [0.15, 0.2) is 0 Å². The van der Waals surface area contributed by atoms with E-state index in [-0.39, 0.29) is 31.1 Å². The second-order valence-electron chi connectivity index (χ2n) is 7.89. The molecule has 7 nitrogen and oxygen atoms in total. The number of hydrogen-bond donors (Lipinski definition) is 0. The Labute approximate surface area is 184 Å². The number of sulfonamides is 1. The van der Waals surface area contributed by atoms with E-state index in [0.29, 0.717) is 18.9 Å². The number of hydrogen-bond acceptors (Lipinski definition) is 5. The normalized spacial score (nSPS) is 17.1. The highest BCUT2D eigenvalue weighted by Gasteiger charge is 2.29. The van der Waals surface area contributed by atoms with Crippen molar-refractivity contribution < 1.29 is 22.4 Å². The number of furan rings is 1. The van der Waals surface area contributed by atoms with E-state index in [1.165, 1.54) is 4.31 Å². The molecule has 1 aliphatic rings. The number of nitrogens with zero attached hydrogens (tertiary/aromatic N) is 2. The summed E-state index contributed by atoms with van der Waals surface area (Å²) in [5.41, 5.74) is 0.777. The maximum Gasteiger partial charge on any atom is 0.238 e. The predicted molar refractivity (Wildman–Crippen MR) is 119 cm³/mol. The summed E-state index contributed by atoms with van der Waals surface area (Å²) < 4.78 is 38.3. The van der Waals surface area contributed by atoms with Gasteiger partial charge in [-0.1, -0.05) is 30.3 Å². The number of rotatable bonds is 10. The molecule has 8 heteroatoms. The Morgan fingerprint density at radius 3 is 2.58 bits per heavy atom. The Kier molecular flexibility index (Phi) is 8.06. The van der Waals surface area contributed by atoms with Crippen LogP contribution in [0.15, 0.2) is 58.6 Å². The first-order valence-electron chi connectivity index (χ1n) is 10.5. The molecule has 1 aromatic carbocycles. The lowest BCUT2D eigenvalue weighted by Gasteiger charge is -2.29. The van der Waals surface area contributed by atoms with Crippen molar-refractivity contribution in [2.45, 2.75) is 45.4 Å². The van der Waals surface area contributed by atoms with E-state index >= 15 is 0 Å². The zero-order chi connectivity index (χ0) is 22.3. The van der Waals surface area contributed by atoms with Gasteiger partial charge in [0.2, 0.25) is 15.9 Å². The van der Waals surface area contributed by atoms with Crippen LogP contribution in [0.1, 0.15) is 38.0 Å². The van der Waals surface area contributed by atoms with Crippen LogP contribution in [-0.2, 0) is 26.1 Å². The molecule has 1 atom stereocenters. The second kappa shape index (κ2) is 10.7. The number of ether oxygens (including phenoxy) is 1. The average molecular weight is 447 g/mol. The molecule has 3 rings (SSSR count). The van der Waals surface area contributed by atoms with Gasteiger partial charge < -0.3 is 14.1 Å². The SMILES string of the molecule is CC(C)N(CC(=O)N(Cc1ccco1)CC1CCCO1)S(=O)(=O)C=Cc1ccccc1. The summed E-state index contributed by atoms with van der Waals surface area (Å²) in [6.45, 7) is 4.65. The minimum Gasteiger partial charge on any atom is -0.467 e. The minimum absolute atomic E-state index is 0.0407. The van der Waals surface area contributed by atoms with Crippen LogP contribution in [0.3, 0.4) is 0 Å². The lowest BCUT2D eigenvalue weighted by atomic mass is 10.2. The smallest absolute Gasteiger partial charge is 0.238 e. The monoisotopic (exact) mass is 446 g/mol. The molecule has 168 valence electrons. The van der Waals surface area contributed by atoms with Crippen molar-refractivity contribution in [3.8, 4) is 0 Å². The van der Waals surface area contributed by atoms with Crippen molar-refractivity contribution in [2.75, 3.05) is 19.7 Å². The lowest BCUT2D eigenvalue weighted by molar-refractivity contribution is -0.134. The molecule has 0 spiro atoms. The molecule has 31 heavy (non-hydrogen) atoms. The van der Waals surface area contributed by atoms with Gasteiger partial charge >= 0.3 is 0 Å². The first-order valence-corrected chi connectivity index (χ1v) is 12.0. The lowest BCUT2D eigenvalue weighted by Crippen LogP contribution is -2.46. The quantitative estimate of drug-likeness (QED) is 0.558. The standard InChI is InChI=1S/C23H30N2O5S/c1-19(2)25(31(27,28)15-12-20-8-4-3-5-9-20)18-23(26)24(16-21-10-6-13-29-21)17-22-11-7-14-30-22/h3-6,8-10,12-13,15,19,22H,7,11,14,16-18H2,1-2H3. The number of amides is 1. The van der Waals surface area contributed by atoms with Crippen molar-refractivity contribution in [3.63, 3.8) is 0 Å². The summed E-state index contributed by atoms with van der Waals surface area (Å²) in [6.07, 6.45) is 4.91. The van der Waals surface area contributed by atoms with Crippen LogP contribution < -0.4 is 0 Å². The van der Waals surface area contributed by atoms with Gasteiger partial charge in [0, 0.05) is 24.6 Å². The summed E-state index contributed by atoms with van der Waals surface area (Å²) in [5, 5.41) is 1.16. The third-order valence-corrected chi connectivity index (χ3v) is 6.84. The van der Waals surface area contributed by atoms with Crippen molar-refractivity contribution in [2.24, 2.45) is 0 Å². The zero-order valence-electron chi connectivity index (χ0n) is 18.0. The van der Waals surface area contributed by atoms with Gasteiger partial charge in [-0.05, 0) is 50.5 Å². The first-order chi connectivity index (χ1) is 14.8. The molecule has 0 bridgehead atoms. The van der Waals surface area contributed by atoms with Crippen LogP contribution in [0.4, 0.5) is 0 Å². The topological polar surface area (TPSA) is 80.1 Å². The van der Waals surface area contributed by atoms with Gasteiger partial charge in [-0.3, -0.25) is 4.79 Å². The van der Waals surface area contributed by atoms with Crippen molar-refractivity contribution in [3.05, 3.63) is 65.5 Å². The number of benzene rings is 1. The van der Waals surface area contributed by atoms with Crippen molar-refractivity contribution in [1.82, 2.24) is 9.21 Å². The predicted octanol–water partition coefficient (Wildman–Crippen LogP) is 3.50. The van der Waals surface area contributed by atoms with Crippen LogP contribution in [0.25, 0.3) is 6.08 Å². The summed E-state index contributed by atoms with van der Waals surface area (Å²) in [5.74, 6) is 0.367. The molecule has 1 fully saturated rings. The first kappa shape index (κ1) is 23.2. The minimum atomic E-state index is -3.79. The summed E-state index contributed by atoms with van der Waals surface area (Å²) in [4.78, 5) is 14.8. The van der Waals surface area contributed by atoms with Crippen LogP contribution in [0.2, 0.25) is 0 Å². The Bertz CT molecular complexity index is 949. The third kappa shape index (κ3) is 6.78. The third-order valence-electron chi connectivity index (χ3n) is 5.15. The molecule has 1 amide bonds. The summed E-state index contributed by atoms with van der Waals surface area (Å²) >= 11 is 0. The molecule has 1 aromatic heterocycles. The highest BCUT2D eigenvalue weighted by Crippen LogP contribution is 2.17. The molecule has 0 saturated carbocycles. The molecule has 0 radical (unpaired) electrons. The molecule has 2 aromatic rings. The number of carbonyl (C=O) groups excluding carboxylic acids is 1. The molecule has 1 saturated heterocycles. The zero-order valence-corrected chi connectivity index (χ0v) is 18.8. The van der Waals surface area contributed by atoms with E-state index in [9.17, 15) is 13.2 Å². The molecule has 1 aliphatic heterocycles. The van der Waals surface area contributed by atoms with E-state index < -0.39 is 10.0 Å². The van der Waals surface area contributed by atoms with Crippen molar-refractivity contribution >= 4 is 22.0 Å². The largest absolute Gasteiger partial charge is 0.467 e. The second-order valence-corrected chi connectivity index (χ2v) is 9.66. The molecule has 0 aliphatic carbocycles. The van der Waals surface area contributed by atoms with Crippen LogP contribution in [-0.4, -0.2) is 55.4 Å². The average Bonchev–Trinajstić information content (AvgIpc) is 3.44. The van der Waals surface area contributed by atoms with Gasteiger partial charge in [0.05, 0.1) is 25.5 Å². The van der Waals surface area contributed by atoms with Crippen LogP contribution in [0.5, 0.6) is 0 Å². The Morgan fingerprint density at radius 1 is 1.19 bits per heavy atom. The molecule has 1 unspecified atom stereocenters. The maximum atomic E-state index is 13.2. The fraction of sp³-hybridized carbons (Fsp3) is 0.435. The van der Waals surface area contributed by atoms with Gasteiger partial charge in [-0.15, -0.1) is 0 Å². The Morgan fingerprint density at radius 2 is 1.97 bits per heavy atom. The van der Waals surface area contributed by atoms with E-state index in [1.807, 2.05) is 30.3 Å². The molecular weight excluding hydrogens is 416 g/mol. The maximum absolute atomic E-state index is 13.2. The van der Waals surface area contributed by atoms with Crippen LogP contribution >= 0.6 is 0 Å². The van der Waals surface area contributed by atoms with E-state index in [1.54, 1.807) is 43.2 Å². The summed E-state index contributed by atoms with van der Waals surface area (Å²) in [7, 11) is -3.79. The molecule has 2 heterocycles.